The van der Waals surface area contributed by atoms with Crippen LogP contribution in [0.4, 0.5) is 5.69 Å². The average Bonchev–Trinajstić information content (AvgIpc) is 2.44. The molecule has 18 heavy (non-hydrogen) atoms. The van der Waals surface area contributed by atoms with E-state index in [0.29, 0.717) is 11.2 Å². The molecule has 6 heteroatoms. The van der Waals surface area contributed by atoms with Crippen molar-refractivity contribution in [3.8, 4) is 6.07 Å². The Balaban J connectivity index is 2.45. The number of benzene rings is 1. The summed E-state index contributed by atoms with van der Waals surface area (Å²) < 4.78 is 0. The van der Waals surface area contributed by atoms with Gasteiger partial charge in [-0.2, -0.15) is 5.26 Å². The van der Waals surface area contributed by atoms with Crippen LogP contribution < -0.4 is 10.6 Å². The Morgan fingerprint density at radius 2 is 2.17 bits per heavy atom. The number of aromatic nitrogens is 2. The van der Waals surface area contributed by atoms with Crippen molar-refractivity contribution >= 4 is 22.5 Å². The second-order valence-corrected chi connectivity index (χ2v) is 3.58. The first-order valence-electron chi connectivity index (χ1n) is 5.36. The van der Waals surface area contributed by atoms with Gasteiger partial charge in [-0.3, -0.25) is 4.79 Å². The second-order valence-electron chi connectivity index (χ2n) is 3.58. The molecule has 90 valence electrons. The zero-order valence-corrected chi connectivity index (χ0v) is 9.77. The number of hydrogen-bond donors (Lipinski definition) is 2. The van der Waals surface area contributed by atoms with Crippen LogP contribution in [0.25, 0.3) is 10.9 Å². The summed E-state index contributed by atoms with van der Waals surface area (Å²) in [6, 6.07) is 9.27. The number of rotatable bonds is 3. The standard InChI is InChI=1S/C12H11N5O/c1-14-11(18)7-15-12-8-4-2-3-5-9(8)16-17-10(12)6-13/h2-5H,7H2,1H3,(H,14,18)(H,15,16). The van der Waals surface area contributed by atoms with Gasteiger partial charge in [0, 0.05) is 12.4 Å². The summed E-state index contributed by atoms with van der Waals surface area (Å²) >= 11 is 0. The second kappa shape index (κ2) is 5.10. The van der Waals surface area contributed by atoms with E-state index >= 15 is 0 Å². The minimum Gasteiger partial charge on any atom is -0.373 e. The van der Waals surface area contributed by atoms with Crippen LogP contribution >= 0.6 is 0 Å². The number of carbonyl (C=O) groups excluding carboxylic acids is 1. The molecule has 0 aliphatic rings. The molecule has 1 amide bonds. The van der Waals surface area contributed by atoms with E-state index in [-0.39, 0.29) is 18.1 Å². The molecule has 0 saturated heterocycles. The normalized spacial score (nSPS) is 9.78. The van der Waals surface area contributed by atoms with Crippen molar-refractivity contribution in [3.63, 3.8) is 0 Å². The number of nitrogens with one attached hydrogen (secondary N) is 2. The molecule has 0 unspecified atom stereocenters. The molecule has 0 spiro atoms. The van der Waals surface area contributed by atoms with E-state index in [1.165, 1.54) is 0 Å². The first kappa shape index (κ1) is 11.8. The van der Waals surface area contributed by atoms with Crippen molar-refractivity contribution in [2.24, 2.45) is 0 Å². The van der Waals surface area contributed by atoms with Gasteiger partial charge in [-0.1, -0.05) is 18.2 Å². The Morgan fingerprint density at radius 3 is 2.89 bits per heavy atom. The zero-order chi connectivity index (χ0) is 13.0. The van der Waals surface area contributed by atoms with Crippen molar-refractivity contribution in [2.75, 3.05) is 18.9 Å². The molecule has 1 heterocycles. The Labute approximate surface area is 104 Å². The molecule has 6 nitrogen and oxygen atoms in total. The molecule has 2 rings (SSSR count). The fourth-order valence-corrected chi connectivity index (χ4v) is 1.57. The third-order valence-electron chi connectivity index (χ3n) is 2.48. The molecule has 0 radical (unpaired) electrons. The molecular weight excluding hydrogens is 230 g/mol. The summed E-state index contributed by atoms with van der Waals surface area (Å²) in [5, 5.41) is 23.0. The third-order valence-corrected chi connectivity index (χ3v) is 2.48. The number of likely N-dealkylation sites (N-methyl/N-ethyl adjacent to an activating group) is 1. The fraction of sp³-hybridized carbons (Fsp3) is 0.167. The zero-order valence-electron chi connectivity index (χ0n) is 9.77. The van der Waals surface area contributed by atoms with Crippen LogP contribution in [0, 0.1) is 11.3 Å². The van der Waals surface area contributed by atoms with Gasteiger partial charge < -0.3 is 10.6 Å². The Kier molecular flexibility index (Phi) is 3.34. The van der Waals surface area contributed by atoms with Crippen LogP contribution in [0.2, 0.25) is 0 Å². The van der Waals surface area contributed by atoms with E-state index in [1.54, 1.807) is 13.1 Å². The van der Waals surface area contributed by atoms with Crippen molar-refractivity contribution in [2.45, 2.75) is 0 Å². The number of amides is 1. The summed E-state index contributed by atoms with van der Waals surface area (Å²) in [6.45, 7) is 0.0842. The maximum absolute atomic E-state index is 11.2. The quantitative estimate of drug-likeness (QED) is 0.823. The smallest absolute Gasteiger partial charge is 0.239 e. The minimum atomic E-state index is -0.167. The first-order chi connectivity index (χ1) is 8.76. The van der Waals surface area contributed by atoms with E-state index in [0.717, 1.165) is 5.39 Å². The van der Waals surface area contributed by atoms with Gasteiger partial charge in [-0.05, 0) is 6.07 Å². The summed E-state index contributed by atoms with van der Waals surface area (Å²) in [5.41, 5.74) is 1.39. The van der Waals surface area contributed by atoms with E-state index in [4.69, 9.17) is 5.26 Å². The topological polar surface area (TPSA) is 90.7 Å². The molecule has 0 fully saturated rings. The molecule has 1 aromatic carbocycles. The highest BCUT2D eigenvalue weighted by Gasteiger charge is 2.10. The lowest BCUT2D eigenvalue weighted by Crippen LogP contribution is -2.26. The average molecular weight is 241 g/mol. The molecule has 1 aromatic heterocycles. The Morgan fingerprint density at radius 1 is 1.39 bits per heavy atom. The van der Waals surface area contributed by atoms with Crippen LogP contribution in [0.3, 0.4) is 0 Å². The highest BCUT2D eigenvalue weighted by Crippen LogP contribution is 2.23. The van der Waals surface area contributed by atoms with Gasteiger partial charge in [-0.25, -0.2) is 0 Å². The van der Waals surface area contributed by atoms with E-state index in [2.05, 4.69) is 20.8 Å². The van der Waals surface area contributed by atoms with Crippen molar-refractivity contribution in [1.29, 1.82) is 5.26 Å². The van der Waals surface area contributed by atoms with Gasteiger partial charge in [0.25, 0.3) is 0 Å². The van der Waals surface area contributed by atoms with Gasteiger partial charge in [-0.15, -0.1) is 10.2 Å². The van der Waals surface area contributed by atoms with Gasteiger partial charge in [0.15, 0.2) is 5.69 Å². The molecule has 0 aliphatic carbocycles. The van der Waals surface area contributed by atoms with Crippen LogP contribution in [0.15, 0.2) is 24.3 Å². The monoisotopic (exact) mass is 241 g/mol. The maximum atomic E-state index is 11.2. The number of nitriles is 1. The first-order valence-corrected chi connectivity index (χ1v) is 5.36. The Hall–Kier alpha value is -2.68. The fourth-order valence-electron chi connectivity index (χ4n) is 1.57. The van der Waals surface area contributed by atoms with Crippen LogP contribution in [-0.2, 0) is 4.79 Å². The van der Waals surface area contributed by atoms with Crippen LogP contribution in [0.1, 0.15) is 5.69 Å². The van der Waals surface area contributed by atoms with E-state index in [9.17, 15) is 4.79 Å². The van der Waals surface area contributed by atoms with Crippen LogP contribution in [0.5, 0.6) is 0 Å². The lowest BCUT2D eigenvalue weighted by molar-refractivity contribution is -0.118. The summed E-state index contributed by atoms with van der Waals surface area (Å²) in [4.78, 5) is 11.2. The van der Waals surface area contributed by atoms with Gasteiger partial charge in [0.1, 0.15) is 6.07 Å². The SMILES string of the molecule is CNC(=O)CNc1c(C#N)nnc2ccccc12. The van der Waals surface area contributed by atoms with Crippen molar-refractivity contribution in [3.05, 3.63) is 30.0 Å². The van der Waals surface area contributed by atoms with Gasteiger partial charge in [0.2, 0.25) is 5.91 Å². The molecule has 0 saturated carbocycles. The number of nitrogens with zero attached hydrogens (tertiary/aromatic N) is 3. The van der Waals surface area contributed by atoms with Crippen LogP contribution in [-0.4, -0.2) is 29.7 Å². The van der Waals surface area contributed by atoms with Crippen molar-refractivity contribution in [1.82, 2.24) is 15.5 Å². The minimum absolute atomic E-state index is 0.0842. The lowest BCUT2D eigenvalue weighted by Gasteiger charge is -2.09. The largest absolute Gasteiger partial charge is 0.373 e. The highest BCUT2D eigenvalue weighted by atomic mass is 16.1. The molecule has 0 bridgehead atoms. The molecule has 0 atom stereocenters. The molecule has 2 aromatic rings. The number of fused-ring (bicyclic) bond motifs is 1. The maximum Gasteiger partial charge on any atom is 0.239 e. The molecular formula is C12H11N5O. The van der Waals surface area contributed by atoms with Gasteiger partial charge >= 0.3 is 0 Å². The Bertz CT molecular complexity index is 632. The predicted octanol–water partition coefficient (Wildman–Crippen LogP) is 0.659. The third kappa shape index (κ3) is 2.20. The van der Waals surface area contributed by atoms with E-state index < -0.39 is 0 Å². The summed E-state index contributed by atoms with van der Waals surface area (Å²) in [5.74, 6) is -0.167. The van der Waals surface area contributed by atoms with E-state index in [1.807, 2.05) is 24.3 Å². The molecule has 2 N–H and O–H groups in total. The van der Waals surface area contributed by atoms with Gasteiger partial charge in [0.05, 0.1) is 17.7 Å². The molecule has 0 aliphatic heterocycles. The number of carbonyl (C=O) groups is 1. The number of anilines is 1. The van der Waals surface area contributed by atoms with Crippen molar-refractivity contribution < 1.29 is 4.79 Å². The number of hydrogen-bond acceptors (Lipinski definition) is 5. The predicted molar refractivity (Wildman–Crippen MR) is 66.8 cm³/mol. The summed E-state index contributed by atoms with van der Waals surface area (Å²) in [7, 11) is 1.55. The lowest BCUT2D eigenvalue weighted by atomic mass is 10.1. The highest BCUT2D eigenvalue weighted by molar-refractivity contribution is 5.94. The summed E-state index contributed by atoms with van der Waals surface area (Å²) in [6.07, 6.45) is 0.